The number of halogens is 2. The topological polar surface area (TPSA) is 145 Å². The second-order valence-corrected chi connectivity index (χ2v) is 1.34. The van der Waals surface area contributed by atoms with Gasteiger partial charge in [0.25, 0.3) is 0 Å². The molecule has 0 spiro atoms. The van der Waals surface area contributed by atoms with E-state index in [2.05, 4.69) is 0 Å². The summed E-state index contributed by atoms with van der Waals surface area (Å²) in [7, 11) is -4.67. The first-order chi connectivity index (χ1) is 2.00. The molecular weight excluding hydrogens is 332 g/mol. The largest absolute Gasteiger partial charge is 2.00 e. The smallest absolute Gasteiger partial charge is 1.00 e. The van der Waals surface area contributed by atoms with E-state index in [0.717, 1.165) is 0 Å². The molecule has 0 aromatic carbocycles. The van der Waals surface area contributed by atoms with Crippen LogP contribution in [0.1, 0.15) is 0 Å². The summed E-state index contributed by atoms with van der Waals surface area (Å²) in [5.41, 5.74) is 0. The Hall–Kier alpha value is 1.94. The summed E-state index contributed by atoms with van der Waals surface area (Å²) >= 11 is 0. The monoisotopic (exact) mass is 340 g/mol. The van der Waals surface area contributed by atoms with Gasteiger partial charge in [-0.15, -0.1) is 0 Å². The fraction of sp³-hybridized carbons (Fsp3) is 0. The molecule has 0 rings (SSSR count). The van der Waals surface area contributed by atoms with Crippen LogP contribution in [0.25, 0.3) is 0 Å². The zero-order valence-electron chi connectivity index (χ0n) is 5.00. The second kappa shape index (κ2) is 17.1. The summed E-state index contributed by atoms with van der Waals surface area (Å²) in [5, 5.41) is 0. The Bertz CT molecular complexity index is 104. The molecule has 10 heteroatoms. The van der Waals surface area contributed by atoms with Crippen molar-refractivity contribution < 1.29 is 42.3 Å². The van der Waals surface area contributed by atoms with Gasteiger partial charge in [0.05, 0.1) is 0 Å². The average Bonchev–Trinajstić information content (AvgIpc) is 0.722. The Morgan fingerprint density at radius 3 is 0.900 bits per heavy atom. The van der Waals surface area contributed by atoms with Crippen LogP contribution in [0.4, 0.5) is 0 Å². The van der Waals surface area contributed by atoms with E-state index < -0.39 is 10.4 Å². The Morgan fingerprint density at radius 1 is 0.900 bits per heavy atom. The summed E-state index contributed by atoms with van der Waals surface area (Å²) < 4.78 is 31.6. The zero-order chi connectivity index (χ0) is 4.50. The van der Waals surface area contributed by atoms with E-state index in [4.69, 9.17) is 17.5 Å². The van der Waals surface area contributed by atoms with Gasteiger partial charge in [-0.2, -0.15) is 8.42 Å². The molecule has 0 saturated carbocycles. The summed E-state index contributed by atoms with van der Waals surface area (Å²) in [4.78, 5) is 0. The van der Waals surface area contributed by atoms with Crippen LogP contribution in [0.5, 0.6) is 0 Å². The summed E-state index contributed by atoms with van der Waals surface area (Å²) in [5.74, 6) is 0. The summed E-state index contributed by atoms with van der Waals surface area (Å²) in [6.07, 6.45) is 0. The molecule has 0 saturated heterocycles. The van der Waals surface area contributed by atoms with Gasteiger partial charge >= 0.3 is 59.3 Å². The maximum atomic E-state index is 8.74. The maximum absolute atomic E-state index is 8.74. The minimum atomic E-state index is -4.67. The summed E-state index contributed by atoms with van der Waals surface area (Å²) in [6.45, 7) is 0. The number of hydrogen-bond donors (Lipinski definition) is 4. The zero-order valence-corrected chi connectivity index (χ0v) is 11.8. The normalized spacial score (nSPS) is 5.80. The van der Waals surface area contributed by atoms with E-state index in [-0.39, 0.29) is 86.0 Å². The van der Waals surface area contributed by atoms with E-state index in [0.29, 0.717) is 0 Å². The van der Waals surface area contributed by atoms with Crippen LogP contribution >= 0.6 is 0 Å². The van der Waals surface area contributed by atoms with Gasteiger partial charge in [0.1, 0.15) is 0 Å². The van der Waals surface area contributed by atoms with Crippen molar-refractivity contribution in [2.24, 2.45) is 0 Å². The Balaban J connectivity index is -0.00000000800. The van der Waals surface area contributed by atoms with Crippen molar-refractivity contribution >= 4 is 59.3 Å². The molecule has 6 nitrogen and oxygen atoms in total. The van der Waals surface area contributed by atoms with Crippen molar-refractivity contribution in [3.63, 3.8) is 0 Å². The average molecular weight is 340 g/mol. The molecule has 0 amide bonds. The molecule has 0 aliphatic rings. The fourth-order valence-electron chi connectivity index (χ4n) is 0. The van der Waals surface area contributed by atoms with Gasteiger partial charge in [0.15, 0.2) is 0 Å². The van der Waals surface area contributed by atoms with Gasteiger partial charge in [0, 0.05) is 0 Å². The molecule has 0 unspecified atom stereocenters. The molecular formula is H8BaCl2N2O4S. The van der Waals surface area contributed by atoms with Crippen LogP contribution in [-0.4, -0.2) is 66.4 Å². The third-order valence-electron chi connectivity index (χ3n) is 0. The minimum Gasteiger partial charge on any atom is -1.00 e. The van der Waals surface area contributed by atoms with Gasteiger partial charge < -0.3 is 37.1 Å². The van der Waals surface area contributed by atoms with Crippen molar-refractivity contribution in [3.05, 3.63) is 0 Å². The molecule has 0 aliphatic carbocycles. The van der Waals surface area contributed by atoms with E-state index in [9.17, 15) is 0 Å². The Labute approximate surface area is 112 Å². The molecule has 10 heavy (non-hydrogen) atoms. The van der Waals surface area contributed by atoms with Crippen LogP contribution in [0.15, 0.2) is 0 Å². The van der Waals surface area contributed by atoms with Crippen molar-refractivity contribution in [1.29, 1.82) is 0 Å². The molecule has 8 N–H and O–H groups in total. The quantitative estimate of drug-likeness (QED) is 0.255. The van der Waals surface area contributed by atoms with Crippen molar-refractivity contribution in [1.82, 2.24) is 12.3 Å². The predicted octanol–water partition coefficient (Wildman–Crippen LogP) is -6.70. The van der Waals surface area contributed by atoms with Crippen LogP contribution in [0.2, 0.25) is 0 Å². The van der Waals surface area contributed by atoms with E-state index in [1.807, 2.05) is 0 Å². The van der Waals surface area contributed by atoms with E-state index in [1.54, 1.807) is 0 Å². The third-order valence-corrected chi connectivity index (χ3v) is 0. The van der Waals surface area contributed by atoms with Crippen LogP contribution in [0.3, 0.4) is 0 Å². The van der Waals surface area contributed by atoms with Gasteiger partial charge in [0.2, 0.25) is 0 Å². The van der Waals surface area contributed by atoms with Gasteiger partial charge in [-0.1, -0.05) is 0 Å². The van der Waals surface area contributed by atoms with Crippen LogP contribution < -0.4 is 37.1 Å². The molecule has 0 heterocycles. The minimum absolute atomic E-state index is 0. The maximum Gasteiger partial charge on any atom is 2.00 e. The van der Waals surface area contributed by atoms with Crippen LogP contribution in [0, 0.1) is 0 Å². The molecule has 0 aromatic heterocycles. The first-order valence-corrected chi connectivity index (χ1v) is 2.10. The first kappa shape index (κ1) is 40.5. The van der Waals surface area contributed by atoms with Crippen molar-refractivity contribution in [2.45, 2.75) is 0 Å². The van der Waals surface area contributed by atoms with Crippen LogP contribution in [-0.2, 0) is 10.4 Å². The predicted molar refractivity (Wildman–Crippen MR) is 30.0 cm³/mol. The SMILES string of the molecule is N.N.O=S(=O)(O)O.[Ba+2].[Cl-].[Cl-]. The molecule has 0 radical (unpaired) electrons. The Kier molecular flexibility index (Phi) is 69.4. The number of rotatable bonds is 0. The van der Waals surface area contributed by atoms with Gasteiger partial charge in [-0.05, 0) is 0 Å². The van der Waals surface area contributed by atoms with E-state index >= 15 is 0 Å². The molecule has 0 fully saturated rings. The Morgan fingerprint density at radius 2 is 0.900 bits per heavy atom. The van der Waals surface area contributed by atoms with Gasteiger partial charge in [-0.25, -0.2) is 0 Å². The summed E-state index contributed by atoms with van der Waals surface area (Å²) in [6, 6.07) is 0. The fourth-order valence-corrected chi connectivity index (χ4v) is 0. The second-order valence-electron chi connectivity index (χ2n) is 0.448. The molecule has 0 atom stereocenters. The number of hydrogen-bond acceptors (Lipinski definition) is 4. The standard InChI is InChI=1S/Ba.2ClH.2H3N.H2O4S/c;;;;;1-5(2,3)4/h;2*1H;2*1H3;(H2,1,2,3,4)/q+2;;;;;/p-2. The van der Waals surface area contributed by atoms with Crippen molar-refractivity contribution in [3.8, 4) is 0 Å². The molecule has 64 valence electrons. The molecule has 0 bridgehead atoms. The van der Waals surface area contributed by atoms with Crippen molar-refractivity contribution in [2.75, 3.05) is 0 Å². The molecule has 0 aromatic rings. The molecule has 0 aliphatic heterocycles. The first-order valence-electron chi connectivity index (χ1n) is 0.698. The third kappa shape index (κ3) is 211. The van der Waals surface area contributed by atoms with Gasteiger partial charge in [-0.3, -0.25) is 9.11 Å². The van der Waals surface area contributed by atoms with E-state index in [1.165, 1.54) is 0 Å².